The number of aryl methyl sites for hydroxylation is 2. The monoisotopic (exact) mass is 344 g/mol. The summed E-state index contributed by atoms with van der Waals surface area (Å²) in [6, 6.07) is 6.48. The summed E-state index contributed by atoms with van der Waals surface area (Å²) in [7, 11) is 0. The van der Waals surface area contributed by atoms with Crippen LogP contribution in [-0.4, -0.2) is 14.6 Å². The van der Waals surface area contributed by atoms with Crippen molar-refractivity contribution in [3.63, 3.8) is 0 Å². The molecule has 1 aromatic carbocycles. The first-order valence-corrected chi connectivity index (χ1v) is 8.90. The average Bonchev–Trinajstić information content (AvgIpc) is 3.12. The fraction of sp³-hybridized carbons (Fsp3) is 0.353. The zero-order valence-electron chi connectivity index (χ0n) is 13.3. The molecule has 0 saturated carbocycles. The molecule has 2 aromatic heterocycles. The van der Waals surface area contributed by atoms with Crippen molar-refractivity contribution in [3.05, 3.63) is 57.3 Å². The number of rotatable bonds is 4. The first-order chi connectivity index (χ1) is 11.6. The molecule has 5 nitrogen and oxygen atoms in total. The van der Waals surface area contributed by atoms with Gasteiger partial charge in [0.15, 0.2) is 0 Å². The lowest BCUT2D eigenvalue weighted by atomic mass is 10.1. The standard InChI is InChI=1S/C17H17FN4OS/c1-2-3-12-9-15(23)22-17(19-12)24-16(21-22)20-14-7-5-10-4-6-11(18)8-13(10)14/h4,6,8-9,14H,2-3,5,7H2,1H3,(H,20,21). The van der Waals surface area contributed by atoms with E-state index in [9.17, 15) is 9.18 Å². The van der Waals surface area contributed by atoms with Crippen molar-refractivity contribution >= 4 is 21.4 Å². The third-order valence-electron chi connectivity index (χ3n) is 4.29. The van der Waals surface area contributed by atoms with E-state index in [-0.39, 0.29) is 17.4 Å². The summed E-state index contributed by atoms with van der Waals surface area (Å²) in [4.78, 5) is 17.2. The van der Waals surface area contributed by atoms with Crippen LogP contribution >= 0.6 is 11.3 Å². The highest BCUT2D eigenvalue weighted by molar-refractivity contribution is 7.20. The fourth-order valence-electron chi connectivity index (χ4n) is 3.17. The lowest BCUT2D eigenvalue weighted by Gasteiger charge is -2.12. The maximum Gasteiger partial charge on any atom is 0.275 e. The van der Waals surface area contributed by atoms with E-state index in [4.69, 9.17) is 0 Å². The molecule has 1 atom stereocenters. The summed E-state index contributed by atoms with van der Waals surface area (Å²) in [5.41, 5.74) is 2.77. The zero-order chi connectivity index (χ0) is 16.7. The molecule has 1 unspecified atom stereocenters. The number of aromatic nitrogens is 3. The van der Waals surface area contributed by atoms with Gasteiger partial charge >= 0.3 is 0 Å². The van der Waals surface area contributed by atoms with Crippen molar-refractivity contribution in [2.45, 2.75) is 38.6 Å². The Kier molecular flexibility index (Phi) is 3.80. The average molecular weight is 344 g/mol. The zero-order valence-corrected chi connectivity index (χ0v) is 14.1. The molecule has 1 aliphatic rings. The minimum absolute atomic E-state index is 0.0158. The molecule has 124 valence electrons. The van der Waals surface area contributed by atoms with Crippen LogP contribution in [-0.2, 0) is 12.8 Å². The van der Waals surface area contributed by atoms with E-state index in [1.165, 1.54) is 21.9 Å². The number of halogens is 1. The molecule has 0 saturated heterocycles. The number of anilines is 1. The second-order valence-electron chi connectivity index (χ2n) is 6.02. The SMILES string of the molecule is CCCc1cc(=O)n2nc(NC3CCc4ccc(F)cc43)sc2n1. The van der Waals surface area contributed by atoms with Crippen molar-refractivity contribution in [1.29, 1.82) is 0 Å². The summed E-state index contributed by atoms with van der Waals surface area (Å²) in [5.74, 6) is -0.228. The molecule has 3 aromatic rings. The van der Waals surface area contributed by atoms with Crippen molar-refractivity contribution < 1.29 is 4.39 Å². The van der Waals surface area contributed by atoms with Crippen LogP contribution in [0.3, 0.4) is 0 Å². The lowest BCUT2D eigenvalue weighted by molar-refractivity contribution is 0.624. The van der Waals surface area contributed by atoms with Gasteiger partial charge in [0.2, 0.25) is 10.1 Å². The molecule has 0 fully saturated rings. The molecule has 1 aliphatic carbocycles. The summed E-state index contributed by atoms with van der Waals surface area (Å²) in [6.07, 6.45) is 3.52. The van der Waals surface area contributed by atoms with Crippen molar-refractivity contribution in [1.82, 2.24) is 14.6 Å². The van der Waals surface area contributed by atoms with E-state index in [2.05, 4.69) is 22.3 Å². The Morgan fingerprint density at radius 1 is 1.42 bits per heavy atom. The van der Waals surface area contributed by atoms with Gasteiger partial charge in [0.25, 0.3) is 5.56 Å². The number of benzene rings is 1. The van der Waals surface area contributed by atoms with Crippen LogP contribution in [0.4, 0.5) is 9.52 Å². The van der Waals surface area contributed by atoms with E-state index in [0.717, 1.165) is 42.5 Å². The highest BCUT2D eigenvalue weighted by Crippen LogP contribution is 2.35. The molecule has 0 spiro atoms. The van der Waals surface area contributed by atoms with Gasteiger partial charge in [-0.3, -0.25) is 4.79 Å². The van der Waals surface area contributed by atoms with Crippen LogP contribution in [0, 0.1) is 5.82 Å². The van der Waals surface area contributed by atoms with Crippen molar-refractivity contribution in [2.75, 3.05) is 5.32 Å². The highest BCUT2D eigenvalue weighted by Gasteiger charge is 2.24. The summed E-state index contributed by atoms with van der Waals surface area (Å²) < 4.78 is 14.8. The van der Waals surface area contributed by atoms with Gasteiger partial charge in [-0.15, -0.1) is 5.10 Å². The van der Waals surface area contributed by atoms with Crippen LogP contribution in [0.2, 0.25) is 0 Å². The molecule has 24 heavy (non-hydrogen) atoms. The maximum absolute atomic E-state index is 13.5. The molecular formula is C17H17FN4OS. The number of fused-ring (bicyclic) bond motifs is 2. The summed E-state index contributed by atoms with van der Waals surface area (Å²) in [6.45, 7) is 2.06. The van der Waals surface area contributed by atoms with Crippen molar-refractivity contribution in [3.8, 4) is 0 Å². The maximum atomic E-state index is 13.5. The number of hydrogen-bond donors (Lipinski definition) is 1. The van der Waals surface area contributed by atoms with Crippen LogP contribution in [0.5, 0.6) is 0 Å². The van der Waals surface area contributed by atoms with E-state index in [0.29, 0.717) is 10.1 Å². The molecule has 7 heteroatoms. The fourth-order valence-corrected chi connectivity index (χ4v) is 4.05. The van der Waals surface area contributed by atoms with E-state index < -0.39 is 0 Å². The number of hydrogen-bond acceptors (Lipinski definition) is 5. The normalized spacial score (nSPS) is 16.5. The first-order valence-electron chi connectivity index (χ1n) is 8.08. The molecule has 0 aliphatic heterocycles. The predicted molar refractivity (Wildman–Crippen MR) is 92.2 cm³/mol. The second kappa shape index (κ2) is 5.98. The van der Waals surface area contributed by atoms with E-state index in [1.54, 1.807) is 12.1 Å². The van der Waals surface area contributed by atoms with Crippen molar-refractivity contribution in [2.24, 2.45) is 0 Å². The Morgan fingerprint density at radius 3 is 3.12 bits per heavy atom. The molecular weight excluding hydrogens is 327 g/mol. The van der Waals surface area contributed by atoms with Gasteiger partial charge in [-0.25, -0.2) is 9.37 Å². The topological polar surface area (TPSA) is 59.3 Å². The summed E-state index contributed by atoms with van der Waals surface area (Å²) in [5, 5.41) is 8.30. The Morgan fingerprint density at radius 2 is 2.29 bits per heavy atom. The van der Waals surface area contributed by atoms with Gasteiger partial charge in [-0.1, -0.05) is 30.7 Å². The Bertz CT molecular complexity index is 965. The van der Waals surface area contributed by atoms with E-state index >= 15 is 0 Å². The lowest BCUT2D eigenvalue weighted by Crippen LogP contribution is -2.16. The van der Waals surface area contributed by atoms with Gasteiger partial charge < -0.3 is 5.32 Å². The molecule has 4 rings (SSSR count). The minimum Gasteiger partial charge on any atom is -0.353 e. The third kappa shape index (κ3) is 2.69. The van der Waals surface area contributed by atoms with Crippen LogP contribution in [0.1, 0.15) is 42.6 Å². The van der Waals surface area contributed by atoms with Crippen LogP contribution in [0.15, 0.2) is 29.1 Å². The Balaban J connectivity index is 1.66. The largest absolute Gasteiger partial charge is 0.353 e. The third-order valence-corrected chi connectivity index (χ3v) is 5.13. The van der Waals surface area contributed by atoms with Crippen LogP contribution < -0.4 is 10.9 Å². The molecule has 0 amide bonds. The van der Waals surface area contributed by atoms with Gasteiger partial charge in [-0.2, -0.15) is 4.52 Å². The van der Waals surface area contributed by atoms with Gasteiger partial charge in [0.1, 0.15) is 5.82 Å². The Labute approximate surface area is 142 Å². The molecule has 0 radical (unpaired) electrons. The van der Waals surface area contributed by atoms with Gasteiger partial charge in [0.05, 0.1) is 6.04 Å². The smallest absolute Gasteiger partial charge is 0.275 e. The Hall–Kier alpha value is -2.28. The van der Waals surface area contributed by atoms with Gasteiger partial charge in [-0.05, 0) is 42.5 Å². The van der Waals surface area contributed by atoms with Crippen LogP contribution in [0.25, 0.3) is 4.96 Å². The highest BCUT2D eigenvalue weighted by atomic mass is 32.1. The predicted octanol–water partition coefficient (Wildman–Crippen LogP) is 3.34. The first kappa shape index (κ1) is 15.3. The number of nitrogens with zero attached hydrogens (tertiary/aromatic N) is 3. The van der Waals surface area contributed by atoms with E-state index in [1.807, 2.05) is 6.07 Å². The van der Waals surface area contributed by atoms with Gasteiger partial charge in [0, 0.05) is 11.8 Å². The molecule has 0 bridgehead atoms. The number of nitrogens with one attached hydrogen (secondary N) is 1. The minimum atomic E-state index is -0.228. The second-order valence-corrected chi connectivity index (χ2v) is 6.97. The molecule has 1 N–H and O–H groups in total. The quantitative estimate of drug-likeness (QED) is 0.789. The molecule has 2 heterocycles. The summed E-state index contributed by atoms with van der Waals surface area (Å²) >= 11 is 1.35.